The maximum absolute atomic E-state index is 9.68. The zero-order valence-corrected chi connectivity index (χ0v) is 7.61. The van der Waals surface area contributed by atoms with Crippen molar-refractivity contribution in [3.8, 4) is 0 Å². The van der Waals surface area contributed by atoms with Gasteiger partial charge in [-0.25, -0.2) is 0 Å². The third-order valence-electron chi connectivity index (χ3n) is 2.44. The van der Waals surface area contributed by atoms with Crippen molar-refractivity contribution in [3.63, 3.8) is 0 Å². The largest absolute Gasteiger partial charge is 0.506 e. The molecule has 1 aromatic rings. The van der Waals surface area contributed by atoms with Crippen molar-refractivity contribution in [1.82, 2.24) is 0 Å². The van der Waals surface area contributed by atoms with Crippen molar-refractivity contribution in [2.75, 3.05) is 0 Å². The molecule has 0 spiro atoms. The van der Waals surface area contributed by atoms with Crippen LogP contribution in [0.2, 0.25) is 0 Å². The standard InChI is InChI=1S/C11H13NO/c13-11-7-3-2-6-10(11)12-8-4-1-5-9-12/h1,4-5,8-9H,2-3,6-7H2/p+1. The lowest BCUT2D eigenvalue weighted by Gasteiger charge is -2.10. The molecule has 1 aliphatic rings. The third-order valence-corrected chi connectivity index (χ3v) is 2.44. The number of nitrogens with zero attached hydrogens (tertiary/aromatic N) is 1. The van der Waals surface area contributed by atoms with E-state index in [2.05, 4.69) is 0 Å². The smallest absolute Gasteiger partial charge is 0.224 e. The Bertz CT molecular complexity index is 316. The van der Waals surface area contributed by atoms with Gasteiger partial charge >= 0.3 is 0 Å². The molecule has 0 bridgehead atoms. The summed E-state index contributed by atoms with van der Waals surface area (Å²) in [7, 11) is 0. The van der Waals surface area contributed by atoms with Gasteiger partial charge < -0.3 is 5.11 Å². The van der Waals surface area contributed by atoms with Crippen LogP contribution in [-0.2, 0) is 0 Å². The maximum Gasteiger partial charge on any atom is 0.224 e. The van der Waals surface area contributed by atoms with Gasteiger partial charge in [0.05, 0.1) is 0 Å². The van der Waals surface area contributed by atoms with Crippen LogP contribution in [-0.4, -0.2) is 5.11 Å². The van der Waals surface area contributed by atoms with E-state index in [0.29, 0.717) is 5.76 Å². The van der Waals surface area contributed by atoms with E-state index >= 15 is 0 Å². The van der Waals surface area contributed by atoms with E-state index in [9.17, 15) is 5.11 Å². The first kappa shape index (κ1) is 8.30. The summed E-state index contributed by atoms with van der Waals surface area (Å²) in [5.74, 6) is 0.558. The summed E-state index contributed by atoms with van der Waals surface area (Å²) in [6, 6.07) is 5.95. The lowest BCUT2D eigenvalue weighted by Crippen LogP contribution is -2.33. The predicted octanol–water partition coefficient (Wildman–Crippen LogP) is 2.27. The molecule has 0 unspecified atom stereocenters. The highest BCUT2D eigenvalue weighted by Gasteiger charge is 2.19. The van der Waals surface area contributed by atoms with Crippen molar-refractivity contribution in [2.24, 2.45) is 0 Å². The fourth-order valence-corrected chi connectivity index (χ4v) is 1.73. The summed E-state index contributed by atoms with van der Waals surface area (Å²) in [5, 5.41) is 9.68. The minimum absolute atomic E-state index is 0.558. The summed E-state index contributed by atoms with van der Waals surface area (Å²) in [4.78, 5) is 0. The van der Waals surface area contributed by atoms with Crippen LogP contribution >= 0.6 is 0 Å². The van der Waals surface area contributed by atoms with Crippen molar-refractivity contribution in [3.05, 3.63) is 36.4 Å². The molecular formula is C11H14NO+. The van der Waals surface area contributed by atoms with E-state index < -0.39 is 0 Å². The summed E-state index contributed by atoms with van der Waals surface area (Å²) in [5.41, 5.74) is 1.06. The zero-order chi connectivity index (χ0) is 9.10. The molecule has 0 amide bonds. The Hall–Kier alpha value is -1.31. The van der Waals surface area contributed by atoms with Crippen LogP contribution in [0.15, 0.2) is 36.4 Å². The molecule has 1 aromatic heterocycles. The summed E-state index contributed by atoms with van der Waals surface area (Å²) in [6.07, 6.45) is 8.08. The van der Waals surface area contributed by atoms with Crippen LogP contribution in [0.3, 0.4) is 0 Å². The number of aliphatic hydroxyl groups is 1. The Kier molecular flexibility index (Phi) is 2.30. The van der Waals surface area contributed by atoms with Crippen LogP contribution in [0.5, 0.6) is 0 Å². The Balaban J connectivity index is 2.35. The van der Waals surface area contributed by atoms with Crippen LogP contribution < -0.4 is 4.57 Å². The molecule has 0 aliphatic heterocycles. The fourth-order valence-electron chi connectivity index (χ4n) is 1.73. The van der Waals surface area contributed by atoms with Crippen LogP contribution in [0.4, 0.5) is 0 Å². The molecule has 68 valence electrons. The monoisotopic (exact) mass is 176 g/mol. The molecule has 0 saturated carbocycles. The molecule has 2 nitrogen and oxygen atoms in total. The van der Waals surface area contributed by atoms with Crippen molar-refractivity contribution in [1.29, 1.82) is 0 Å². The van der Waals surface area contributed by atoms with Crippen LogP contribution in [0.25, 0.3) is 5.70 Å². The summed E-state index contributed by atoms with van der Waals surface area (Å²) < 4.78 is 2.01. The van der Waals surface area contributed by atoms with E-state index in [4.69, 9.17) is 0 Å². The number of aromatic nitrogens is 1. The van der Waals surface area contributed by atoms with E-state index in [1.807, 2.05) is 35.2 Å². The average Bonchev–Trinajstić information content (AvgIpc) is 2.20. The Labute approximate surface area is 78.1 Å². The zero-order valence-electron chi connectivity index (χ0n) is 7.61. The molecular weight excluding hydrogens is 162 g/mol. The van der Waals surface area contributed by atoms with E-state index in [1.54, 1.807) is 0 Å². The SMILES string of the molecule is OC1=C([n+]2ccccc2)CCCC1. The molecule has 1 heterocycles. The second-order valence-electron chi connectivity index (χ2n) is 3.38. The fraction of sp³-hybridized carbons (Fsp3) is 0.364. The number of allylic oxidation sites excluding steroid dienone is 2. The van der Waals surface area contributed by atoms with Gasteiger partial charge in [0.2, 0.25) is 5.70 Å². The normalized spacial score (nSPS) is 17.5. The highest BCUT2D eigenvalue weighted by molar-refractivity contribution is 5.37. The Morgan fingerprint density at radius 3 is 2.38 bits per heavy atom. The molecule has 0 fully saturated rings. The second-order valence-corrected chi connectivity index (χ2v) is 3.38. The lowest BCUT2D eigenvalue weighted by molar-refractivity contribution is -0.585. The lowest BCUT2D eigenvalue weighted by atomic mass is 10.0. The topological polar surface area (TPSA) is 24.1 Å². The quantitative estimate of drug-likeness (QED) is 0.652. The number of pyridine rings is 1. The van der Waals surface area contributed by atoms with Gasteiger partial charge in [-0.15, -0.1) is 0 Å². The van der Waals surface area contributed by atoms with Gasteiger partial charge in [0.15, 0.2) is 18.2 Å². The molecule has 0 atom stereocenters. The van der Waals surface area contributed by atoms with Gasteiger partial charge in [-0.3, -0.25) is 0 Å². The molecule has 1 N–H and O–H groups in total. The van der Waals surface area contributed by atoms with Crippen molar-refractivity contribution in [2.45, 2.75) is 25.7 Å². The minimum Gasteiger partial charge on any atom is -0.506 e. The molecule has 13 heavy (non-hydrogen) atoms. The summed E-state index contributed by atoms with van der Waals surface area (Å²) >= 11 is 0. The Morgan fingerprint density at radius 1 is 1.00 bits per heavy atom. The second kappa shape index (κ2) is 3.60. The number of aliphatic hydroxyl groups excluding tert-OH is 1. The maximum atomic E-state index is 9.68. The third kappa shape index (κ3) is 1.72. The van der Waals surface area contributed by atoms with Crippen LogP contribution in [0, 0.1) is 0 Å². The minimum atomic E-state index is 0.558. The molecule has 0 aromatic carbocycles. The summed E-state index contributed by atoms with van der Waals surface area (Å²) in [6.45, 7) is 0. The van der Waals surface area contributed by atoms with E-state index in [-0.39, 0.29) is 0 Å². The highest BCUT2D eigenvalue weighted by Crippen LogP contribution is 2.21. The van der Waals surface area contributed by atoms with Gasteiger partial charge in [-0.05, 0) is 12.8 Å². The Morgan fingerprint density at radius 2 is 1.69 bits per heavy atom. The van der Waals surface area contributed by atoms with E-state index in [0.717, 1.165) is 25.0 Å². The molecule has 0 saturated heterocycles. The molecule has 0 radical (unpaired) electrons. The van der Waals surface area contributed by atoms with Crippen LogP contribution in [0.1, 0.15) is 25.7 Å². The number of hydrogen-bond donors (Lipinski definition) is 1. The van der Waals surface area contributed by atoms with Crippen molar-refractivity contribution < 1.29 is 9.67 Å². The van der Waals surface area contributed by atoms with E-state index in [1.165, 1.54) is 6.42 Å². The number of hydrogen-bond acceptors (Lipinski definition) is 1. The predicted molar refractivity (Wildman–Crippen MR) is 50.9 cm³/mol. The van der Waals surface area contributed by atoms with Gasteiger partial charge in [-0.1, -0.05) is 6.07 Å². The van der Waals surface area contributed by atoms with Crippen molar-refractivity contribution >= 4 is 5.70 Å². The molecule has 1 aliphatic carbocycles. The first-order valence-corrected chi connectivity index (χ1v) is 4.75. The molecule has 2 heteroatoms. The number of rotatable bonds is 1. The highest BCUT2D eigenvalue weighted by atomic mass is 16.3. The first-order chi connectivity index (χ1) is 6.38. The average molecular weight is 176 g/mol. The molecule has 2 rings (SSSR count). The first-order valence-electron chi connectivity index (χ1n) is 4.75. The van der Waals surface area contributed by atoms with Gasteiger partial charge in [0, 0.05) is 25.0 Å². The van der Waals surface area contributed by atoms with Gasteiger partial charge in [0.25, 0.3) is 0 Å². The van der Waals surface area contributed by atoms with Gasteiger partial charge in [0.1, 0.15) is 0 Å². The van der Waals surface area contributed by atoms with Gasteiger partial charge in [-0.2, -0.15) is 4.57 Å².